The Bertz CT molecular complexity index is 268. The molecule has 0 amide bonds. The Morgan fingerprint density at radius 2 is 2.27 bits per heavy atom. The maximum absolute atomic E-state index is 4.33. The predicted molar refractivity (Wildman–Crippen MR) is 65.1 cm³/mol. The van der Waals surface area contributed by atoms with Crippen molar-refractivity contribution < 1.29 is 0 Å². The third-order valence-corrected chi connectivity index (χ3v) is 2.73. The second-order valence-corrected chi connectivity index (χ2v) is 4.20. The van der Waals surface area contributed by atoms with Crippen molar-refractivity contribution in [2.75, 3.05) is 11.9 Å². The van der Waals surface area contributed by atoms with Gasteiger partial charge in [0.2, 0.25) is 5.95 Å². The molecule has 0 saturated heterocycles. The zero-order chi connectivity index (χ0) is 11.1. The van der Waals surface area contributed by atoms with E-state index in [4.69, 9.17) is 0 Å². The van der Waals surface area contributed by atoms with Gasteiger partial charge in [0, 0.05) is 25.5 Å². The van der Waals surface area contributed by atoms with Gasteiger partial charge in [-0.15, -0.1) is 0 Å². The number of hydrogen-bond donors (Lipinski definition) is 1. The highest BCUT2D eigenvalue weighted by Crippen LogP contribution is 2.10. The van der Waals surface area contributed by atoms with Crippen molar-refractivity contribution in [1.29, 1.82) is 0 Å². The first-order chi connectivity index (χ1) is 7.27. The fraction of sp³-hybridized carbons (Fsp3) is 0.750. The Morgan fingerprint density at radius 1 is 1.47 bits per heavy atom. The van der Waals surface area contributed by atoms with Crippen molar-refractivity contribution in [2.45, 2.75) is 46.6 Å². The number of anilines is 1. The van der Waals surface area contributed by atoms with Gasteiger partial charge in [-0.2, -0.15) is 0 Å². The lowest BCUT2D eigenvalue weighted by Crippen LogP contribution is -2.12. The van der Waals surface area contributed by atoms with Crippen molar-refractivity contribution >= 4 is 5.95 Å². The van der Waals surface area contributed by atoms with Crippen LogP contribution in [-0.4, -0.2) is 16.1 Å². The van der Waals surface area contributed by atoms with E-state index >= 15 is 0 Å². The van der Waals surface area contributed by atoms with Gasteiger partial charge in [-0.3, -0.25) is 0 Å². The molecule has 0 aliphatic rings. The molecule has 3 nitrogen and oxygen atoms in total. The van der Waals surface area contributed by atoms with Gasteiger partial charge < -0.3 is 9.88 Å². The van der Waals surface area contributed by atoms with Crippen LogP contribution >= 0.6 is 0 Å². The quantitative estimate of drug-likeness (QED) is 0.699. The van der Waals surface area contributed by atoms with Crippen LogP contribution in [0.1, 0.15) is 40.0 Å². The lowest BCUT2D eigenvalue weighted by atomic mass is 10.1. The molecular weight excluding hydrogens is 186 g/mol. The molecule has 0 spiro atoms. The molecule has 0 radical (unpaired) electrons. The summed E-state index contributed by atoms with van der Waals surface area (Å²) in [4.78, 5) is 4.33. The summed E-state index contributed by atoms with van der Waals surface area (Å²) in [5, 5.41) is 3.38. The maximum Gasteiger partial charge on any atom is 0.202 e. The van der Waals surface area contributed by atoms with E-state index < -0.39 is 0 Å². The fourth-order valence-electron chi connectivity index (χ4n) is 1.47. The standard InChI is InChI=1S/C12H23N3/c1-4-6-7-13-12-14-8-9-15(12)10-11(3)5-2/h8-9,11H,4-7,10H2,1-3H3,(H,13,14). The van der Waals surface area contributed by atoms with E-state index in [1.165, 1.54) is 19.3 Å². The minimum atomic E-state index is 0.714. The molecule has 1 aromatic heterocycles. The van der Waals surface area contributed by atoms with Crippen molar-refractivity contribution in [2.24, 2.45) is 5.92 Å². The Hall–Kier alpha value is -0.990. The number of hydrogen-bond acceptors (Lipinski definition) is 2. The summed E-state index contributed by atoms with van der Waals surface area (Å²) in [6.07, 6.45) is 7.57. The van der Waals surface area contributed by atoms with Gasteiger partial charge in [-0.1, -0.05) is 33.6 Å². The molecule has 1 aromatic rings. The topological polar surface area (TPSA) is 29.9 Å². The Labute approximate surface area is 92.9 Å². The number of nitrogens with zero attached hydrogens (tertiary/aromatic N) is 2. The van der Waals surface area contributed by atoms with Gasteiger partial charge in [-0.25, -0.2) is 4.98 Å². The lowest BCUT2D eigenvalue weighted by molar-refractivity contribution is 0.471. The molecule has 15 heavy (non-hydrogen) atoms. The highest BCUT2D eigenvalue weighted by Gasteiger charge is 2.04. The van der Waals surface area contributed by atoms with E-state index in [1.54, 1.807) is 0 Å². The van der Waals surface area contributed by atoms with Gasteiger partial charge >= 0.3 is 0 Å². The van der Waals surface area contributed by atoms with Gasteiger partial charge in [0.05, 0.1) is 0 Å². The Morgan fingerprint density at radius 3 is 2.93 bits per heavy atom. The summed E-state index contributed by atoms with van der Waals surface area (Å²) >= 11 is 0. The number of unbranched alkanes of at least 4 members (excludes halogenated alkanes) is 1. The number of imidazole rings is 1. The zero-order valence-electron chi connectivity index (χ0n) is 10.2. The number of nitrogens with one attached hydrogen (secondary N) is 1. The van der Waals surface area contributed by atoms with Crippen molar-refractivity contribution in [1.82, 2.24) is 9.55 Å². The molecule has 1 rings (SSSR count). The normalized spacial score (nSPS) is 12.7. The molecule has 3 heteroatoms. The molecule has 1 atom stereocenters. The third-order valence-electron chi connectivity index (χ3n) is 2.73. The first-order valence-electron chi connectivity index (χ1n) is 6.02. The Balaban J connectivity index is 2.45. The van der Waals surface area contributed by atoms with E-state index in [9.17, 15) is 0 Å². The number of aromatic nitrogens is 2. The molecule has 0 fully saturated rings. The summed E-state index contributed by atoms with van der Waals surface area (Å²) in [6, 6.07) is 0. The molecule has 1 unspecified atom stereocenters. The summed E-state index contributed by atoms with van der Waals surface area (Å²) in [5.41, 5.74) is 0. The average molecular weight is 209 g/mol. The summed E-state index contributed by atoms with van der Waals surface area (Å²) < 4.78 is 2.21. The monoisotopic (exact) mass is 209 g/mol. The predicted octanol–water partition coefficient (Wildman–Crippen LogP) is 3.14. The highest BCUT2D eigenvalue weighted by atomic mass is 15.2. The minimum absolute atomic E-state index is 0.714. The summed E-state index contributed by atoms with van der Waals surface area (Å²) in [6.45, 7) is 8.79. The molecule has 0 bridgehead atoms. The molecular formula is C12H23N3. The van der Waals surface area contributed by atoms with Crippen LogP contribution in [0.4, 0.5) is 5.95 Å². The van der Waals surface area contributed by atoms with Crippen LogP contribution in [0.3, 0.4) is 0 Å². The van der Waals surface area contributed by atoms with Crippen molar-refractivity contribution in [3.05, 3.63) is 12.4 Å². The average Bonchev–Trinajstić information content (AvgIpc) is 2.66. The van der Waals surface area contributed by atoms with Crippen LogP contribution in [-0.2, 0) is 6.54 Å². The van der Waals surface area contributed by atoms with Crippen LogP contribution in [0.2, 0.25) is 0 Å². The molecule has 86 valence electrons. The molecule has 0 aliphatic heterocycles. The van der Waals surface area contributed by atoms with Gasteiger partial charge in [0.25, 0.3) is 0 Å². The maximum atomic E-state index is 4.33. The second-order valence-electron chi connectivity index (χ2n) is 4.20. The number of rotatable bonds is 7. The zero-order valence-corrected chi connectivity index (χ0v) is 10.2. The van der Waals surface area contributed by atoms with E-state index in [1.807, 2.05) is 6.20 Å². The first kappa shape index (κ1) is 12.1. The first-order valence-corrected chi connectivity index (χ1v) is 6.02. The molecule has 0 aliphatic carbocycles. The van der Waals surface area contributed by atoms with Crippen LogP contribution < -0.4 is 5.32 Å². The van der Waals surface area contributed by atoms with Crippen molar-refractivity contribution in [3.8, 4) is 0 Å². The van der Waals surface area contributed by atoms with Crippen LogP contribution in [0.25, 0.3) is 0 Å². The van der Waals surface area contributed by atoms with Gasteiger partial charge in [-0.05, 0) is 12.3 Å². The van der Waals surface area contributed by atoms with Crippen LogP contribution in [0, 0.1) is 5.92 Å². The minimum Gasteiger partial charge on any atom is -0.356 e. The summed E-state index contributed by atoms with van der Waals surface area (Å²) in [7, 11) is 0. The van der Waals surface area contributed by atoms with E-state index in [2.05, 4.69) is 41.8 Å². The SMILES string of the molecule is CCCCNc1nccn1CC(C)CC. The lowest BCUT2D eigenvalue weighted by Gasteiger charge is -2.13. The van der Waals surface area contributed by atoms with E-state index in [-0.39, 0.29) is 0 Å². The second kappa shape index (κ2) is 6.49. The molecule has 1 heterocycles. The molecule has 0 saturated carbocycles. The third kappa shape index (κ3) is 3.94. The largest absolute Gasteiger partial charge is 0.356 e. The van der Waals surface area contributed by atoms with Crippen LogP contribution in [0.5, 0.6) is 0 Å². The van der Waals surface area contributed by atoms with Gasteiger partial charge in [0.15, 0.2) is 0 Å². The summed E-state index contributed by atoms with van der Waals surface area (Å²) in [5.74, 6) is 1.73. The van der Waals surface area contributed by atoms with E-state index in [0.717, 1.165) is 19.0 Å². The van der Waals surface area contributed by atoms with E-state index in [0.29, 0.717) is 5.92 Å². The fourth-order valence-corrected chi connectivity index (χ4v) is 1.47. The smallest absolute Gasteiger partial charge is 0.202 e. The highest BCUT2D eigenvalue weighted by molar-refractivity contribution is 5.25. The molecule has 1 N–H and O–H groups in total. The van der Waals surface area contributed by atoms with Crippen molar-refractivity contribution in [3.63, 3.8) is 0 Å². The van der Waals surface area contributed by atoms with Crippen LogP contribution in [0.15, 0.2) is 12.4 Å². The Kier molecular flexibility index (Phi) is 5.22. The van der Waals surface area contributed by atoms with Gasteiger partial charge in [0.1, 0.15) is 0 Å². The molecule has 0 aromatic carbocycles.